The van der Waals surface area contributed by atoms with Gasteiger partial charge in [0, 0.05) is 10.9 Å². The standard InChI is InChI=1S/C24H29O2P/c1-23(2,3)18-14-15-21(20(16-18)24(4,5)6)26-27(25)22-13-9-11-17-10-7-8-12-19(17)22/h7-16,25H,1-6H3. The Labute approximate surface area is 164 Å². The van der Waals surface area contributed by atoms with Crippen LogP contribution >= 0.6 is 8.38 Å². The highest BCUT2D eigenvalue weighted by Crippen LogP contribution is 2.42. The lowest BCUT2D eigenvalue weighted by Gasteiger charge is -2.28. The lowest BCUT2D eigenvalue weighted by atomic mass is 9.80. The second-order valence-electron chi connectivity index (χ2n) is 9.07. The molecule has 0 aliphatic heterocycles. The fourth-order valence-corrected chi connectivity index (χ4v) is 4.25. The summed E-state index contributed by atoms with van der Waals surface area (Å²) >= 11 is 0. The molecule has 1 unspecified atom stereocenters. The van der Waals surface area contributed by atoms with E-state index < -0.39 is 8.38 Å². The third kappa shape index (κ3) is 4.34. The molecule has 1 N–H and O–H groups in total. The maximum atomic E-state index is 10.9. The molecule has 0 spiro atoms. The van der Waals surface area contributed by atoms with Crippen LogP contribution in [0.15, 0.2) is 60.7 Å². The van der Waals surface area contributed by atoms with Gasteiger partial charge in [-0.25, -0.2) is 0 Å². The predicted molar refractivity (Wildman–Crippen MR) is 117 cm³/mol. The Kier molecular flexibility index (Phi) is 5.34. The Bertz CT molecular complexity index is 943. The van der Waals surface area contributed by atoms with Crippen LogP contribution in [0.1, 0.15) is 52.7 Å². The van der Waals surface area contributed by atoms with Gasteiger partial charge in [0.05, 0.1) is 0 Å². The molecular formula is C24H29O2P. The fraction of sp³-hybridized carbons (Fsp3) is 0.333. The van der Waals surface area contributed by atoms with Gasteiger partial charge in [-0.05, 0) is 39.3 Å². The molecule has 2 nitrogen and oxygen atoms in total. The maximum Gasteiger partial charge on any atom is 0.262 e. The summed E-state index contributed by atoms with van der Waals surface area (Å²) in [7, 11) is -1.75. The van der Waals surface area contributed by atoms with Gasteiger partial charge in [-0.3, -0.25) is 0 Å². The zero-order chi connectivity index (χ0) is 19.8. The van der Waals surface area contributed by atoms with Crippen molar-refractivity contribution in [2.75, 3.05) is 0 Å². The molecule has 0 aliphatic carbocycles. The van der Waals surface area contributed by atoms with E-state index in [0.29, 0.717) is 0 Å². The minimum atomic E-state index is -1.75. The van der Waals surface area contributed by atoms with Gasteiger partial charge < -0.3 is 9.42 Å². The van der Waals surface area contributed by atoms with Crippen molar-refractivity contribution in [3.63, 3.8) is 0 Å². The third-order valence-corrected chi connectivity index (χ3v) is 5.98. The Morgan fingerprint density at radius 1 is 0.778 bits per heavy atom. The van der Waals surface area contributed by atoms with E-state index in [-0.39, 0.29) is 10.8 Å². The van der Waals surface area contributed by atoms with Gasteiger partial charge in [-0.2, -0.15) is 0 Å². The Morgan fingerprint density at radius 3 is 2.11 bits per heavy atom. The summed E-state index contributed by atoms with van der Waals surface area (Å²) in [4.78, 5) is 10.9. The van der Waals surface area contributed by atoms with E-state index in [4.69, 9.17) is 4.52 Å². The average Bonchev–Trinajstić information content (AvgIpc) is 2.59. The van der Waals surface area contributed by atoms with E-state index in [9.17, 15) is 4.89 Å². The fourth-order valence-electron chi connectivity index (χ4n) is 3.18. The lowest BCUT2D eigenvalue weighted by molar-refractivity contribution is 0.477. The van der Waals surface area contributed by atoms with Crippen molar-refractivity contribution in [1.29, 1.82) is 0 Å². The van der Waals surface area contributed by atoms with Crippen LogP contribution in [0.2, 0.25) is 0 Å². The summed E-state index contributed by atoms with van der Waals surface area (Å²) in [6.45, 7) is 13.2. The Hall–Kier alpha value is -1.89. The first-order chi connectivity index (χ1) is 12.6. The molecule has 0 amide bonds. The van der Waals surface area contributed by atoms with Crippen molar-refractivity contribution in [1.82, 2.24) is 0 Å². The van der Waals surface area contributed by atoms with Crippen LogP contribution in [-0.4, -0.2) is 4.89 Å². The molecule has 3 heteroatoms. The van der Waals surface area contributed by atoms with E-state index in [1.54, 1.807) is 0 Å². The molecule has 0 bridgehead atoms. The summed E-state index contributed by atoms with van der Waals surface area (Å²) in [5, 5.41) is 3.00. The summed E-state index contributed by atoms with van der Waals surface area (Å²) in [5.41, 5.74) is 2.38. The normalized spacial score (nSPS) is 13.6. The molecule has 3 rings (SSSR count). The molecule has 1 atom stereocenters. The quantitative estimate of drug-likeness (QED) is 0.530. The highest BCUT2D eigenvalue weighted by molar-refractivity contribution is 7.56. The second kappa shape index (κ2) is 7.26. The maximum absolute atomic E-state index is 10.9. The van der Waals surface area contributed by atoms with Crippen LogP contribution in [0.5, 0.6) is 5.75 Å². The molecule has 3 aromatic rings. The van der Waals surface area contributed by atoms with E-state index in [1.165, 1.54) is 5.56 Å². The zero-order valence-electron chi connectivity index (χ0n) is 17.1. The van der Waals surface area contributed by atoms with Crippen molar-refractivity contribution < 1.29 is 9.42 Å². The highest BCUT2D eigenvalue weighted by atomic mass is 31.2. The SMILES string of the molecule is CC(C)(C)c1ccc(OP(O)c2cccc3ccccc23)c(C(C)(C)C)c1. The minimum absolute atomic E-state index is 0.0676. The number of fused-ring (bicyclic) bond motifs is 1. The van der Waals surface area contributed by atoms with Crippen molar-refractivity contribution in [2.24, 2.45) is 0 Å². The van der Waals surface area contributed by atoms with E-state index in [0.717, 1.165) is 27.4 Å². The van der Waals surface area contributed by atoms with Crippen molar-refractivity contribution in [2.45, 2.75) is 52.4 Å². The monoisotopic (exact) mass is 380 g/mol. The Morgan fingerprint density at radius 2 is 1.44 bits per heavy atom. The van der Waals surface area contributed by atoms with Gasteiger partial charge in [-0.15, -0.1) is 0 Å². The molecular weight excluding hydrogens is 351 g/mol. The van der Waals surface area contributed by atoms with Gasteiger partial charge >= 0.3 is 0 Å². The van der Waals surface area contributed by atoms with Crippen LogP contribution in [0.4, 0.5) is 0 Å². The minimum Gasteiger partial charge on any atom is -0.444 e. The van der Waals surface area contributed by atoms with E-state index >= 15 is 0 Å². The van der Waals surface area contributed by atoms with Crippen molar-refractivity contribution in [3.05, 3.63) is 71.8 Å². The molecule has 27 heavy (non-hydrogen) atoms. The van der Waals surface area contributed by atoms with Gasteiger partial charge in [0.2, 0.25) is 0 Å². The van der Waals surface area contributed by atoms with Gasteiger partial charge in [0.15, 0.2) is 0 Å². The molecule has 0 aliphatic rings. The first kappa shape index (κ1) is 19.9. The highest BCUT2D eigenvalue weighted by Gasteiger charge is 2.25. The molecule has 0 saturated heterocycles. The van der Waals surface area contributed by atoms with Crippen LogP contribution in [0, 0.1) is 0 Å². The van der Waals surface area contributed by atoms with Gasteiger partial charge in [0.25, 0.3) is 8.38 Å². The zero-order valence-corrected chi connectivity index (χ0v) is 18.0. The first-order valence-corrected chi connectivity index (χ1v) is 10.6. The van der Waals surface area contributed by atoms with Crippen molar-refractivity contribution in [3.8, 4) is 5.75 Å². The van der Waals surface area contributed by atoms with Gasteiger partial charge in [0.1, 0.15) is 5.75 Å². The molecule has 0 heterocycles. The van der Waals surface area contributed by atoms with Crippen LogP contribution < -0.4 is 9.83 Å². The number of hydrogen-bond acceptors (Lipinski definition) is 2. The van der Waals surface area contributed by atoms with Crippen LogP contribution in [0.25, 0.3) is 10.8 Å². The summed E-state index contributed by atoms with van der Waals surface area (Å²) in [5.74, 6) is 0.761. The number of hydrogen-bond donors (Lipinski definition) is 1. The Balaban J connectivity index is 2.01. The summed E-state index contributed by atoms with van der Waals surface area (Å²) < 4.78 is 6.15. The summed E-state index contributed by atoms with van der Waals surface area (Å²) in [6, 6.07) is 20.4. The van der Waals surface area contributed by atoms with Crippen molar-refractivity contribution >= 4 is 24.5 Å². The van der Waals surface area contributed by atoms with Crippen LogP contribution in [-0.2, 0) is 10.8 Å². The molecule has 142 valence electrons. The molecule has 3 aromatic carbocycles. The first-order valence-electron chi connectivity index (χ1n) is 9.37. The topological polar surface area (TPSA) is 29.5 Å². The molecule has 0 saturated carbocycles. The molecule has 0 aromatic heterocycles. The lowest BCUT2D eigenvalue weighted by Crippen LogP contribution is -2.17. The van der Waals surface area contributed by atoms with E-state index in [2.05, 4.69) is 65.8 Å². The summed E-state index contributed by atoms with van der Waals surface area (Å²) in [6.07, 6.45) is 0. The second-order valence-corrected chi connectivity index (χ2v) is 10.3. The average molecular weight is 380 g/mol. The molecule has 0 fully saturated rings. The van der Waals surface area contributed by atoms with Gasteiger partial charge in [-0.1, -0.05) is 90.1 Å². The largest absolute Gasteiger partial charge is 0.444 e. The number of rotatable bonds is 3. The third-order valence-electron chi connectivity index (χ3n) is 4.81. The van der Waals surface area contributed by atoms with Crippen LogP contribution in [0.3, 0.4) is 0 Å². The van der Waals surface area contributed by atoms with E-state index in [1.807, 2.05) is 36.4 Å². The smallest absolute Gasteiger partial charge is 0.262 e. The predicted octanol–water partition coefficient (Wildman–Crippen LogP) is 6.44. The molecule has 0 radical (unpaired) electrons. The number of benzene rings is 3.